The van der Waals surface area contributed by atoms with Gasteiger partial charge in [0.1, 0.15) is 5.69 Å². The molecule has 2 unspecified atom stereocenters. The van der Waals surface area contributed by atoms with Gasteiger partial charge in [-0.3, -0.25) is 9.59 Å². The lowest BCUT2D eigenvalue weighted by molar-refractivity contribution is 0.0777. The first-order valence-corrected chi connectivity index (χ1v) is 9.17. The molecule has 0 radical (unpaired) electrons. The number of carbonyl (C=O) groups excluding carboxylic acids is 2. The number of hydrogen-bond donors (Lipinski definition) is 2. The molecule has 1 aliphatic rings. The van der Waals surface area contributed by atoms with Crippen LogP contribution >= 0.6 is 0 Å². The van der Waals surface area contributed by atoms with Gasteiger partial charge in [0.25, 0.3) is 5.91 Å². The van der Waals surface area contributed by atoms with E-state index in [0.29, 0.717) is 29.9 Å². The number of para-hydroxylation sites is 1. The van der Waals surface area contributed by atoms with E-state index in [0.717, 1.165) is 0 Å². The lowest BCUT2D eigenvalue weighted by Crippen LogP contribution is -2.46. The van der Waals surface area contributed by atoms with Gasteiger partial charge in [0.15, 0.2) is 5.43 Å². The summed E-state index contributed by atoms with van der Waals surface area (Å²) in [5.74, 6) is 0.251. The predicted molar refractivity (Wildman–Crippen MR) is 105 cm³/mol. The van der Waals surface area contributed by atoms with Crippen molar-refractivity contribution in [3.63, 3.8) is 0 Å². The van der Waals surface area contributed by atoms with Crippen molar-refractivity contribution in [1.82, 2.24) is 20.1 Å². The van der Waals surface area contributed by atoms with Crippen molar-refractivity contribution in [2.75, 3.05) is 27.2 Å². The van der Waals surface area contributed by atoms with Crippen LogP contribution in [0.25, 0.3) is 10.9 Å². The summed E-state index contributed by atoms with van der Waals surface area (Å²) in [6.07, 6.45) is 0. The number of carbonyl (C=O) groups is 2. The SMILES string of the molecule is CC(C)C1CN(C(=O)c2cc(=O)c3ccccc3[nH]2)CC1NC(=O)N(C)C. The molecule has 0 spiro atoms. The van der Waals surface area contributed by atoms with Gasteiger partial charge < -0.3 is 20.1 Å². The van der Waals surface area contributed by atoms with Crippen molar-refractivity contribution < 1.29 is 9.59 Å². The number of urea groups is 1. The van der Waals surface area contributed by atoms with Crippen LogP contribution in [0.4, 0.5) is 4.79 Å². The maximum absolute atomic E-state index is 13.0. The van der Waals surface area contributed by atoms with E-state index in [2.05, 4.69) is 24.1 Å². The molecule has 2 atom stereocenters. The molecule has 0 bridgehead atoms. The fourth-order valence-corrected chi connectivity index (χ4v) is 3.59. The zero-order chi connectivity index (χ0) is 19.7. The molecule has 1 aromatic carbocycles. The first-order chi connectivity index (χ1) is 12.8. The molecule has 3 amide bonds. The third kappa shape index (κ3) is 3.82. The zero-order valence-electron chi connectivity index (χ0n) is 16.2. The van der Waals surface area contributed by atoms with Crippen molar-refractivity contribution in [2.45, 2.75) is 19.9 Å². The smallest absolute Gasteiger partial charge is 0.317 e. The van der Waals surface area contributed by atoms with Gasteiger partial charge in [-0.2, -0.15) is 0 Å². The molecule has 2 aromatic rings. The topological polar surface area (TPSA) is 85.5 Å². The van der Waals surface area contributed by atoms with Gasteiger partial charge in [-0.1, -0.05) is 26.0 Å². The monoisotopic (exact) mass is 370 g/mol. The quantitative estimate of drug-likeness (QED) is 0.865. The largest absolute Gasteiger partial charge is 0.350 e. The molecule has 7 nitrogen and oxygen atoms in total. The molecule has 27 heavy (non-hydrogen) atoms. The van der Waals surface area contributed by atoms with E-state index >= 15 is 0 Å². The van der Waals surface area contributed by atoms with Crippen molar-refractivity contribution in [1.29, 1.82) is 0 Å². The lowest BCUT2D eigenvalue weighted by atomic mass is 9.91. The Balaban J connectivity index is 1.85. The van der Waals surface area contributed by atoms with E-state index in [9.17, 15) is 14.4 Å². The van der Waals surface area contributed by atoms with Crippen LogP contribution in [0.1, 0.15) is 24.3 Å². The van der Waals surface area contributed by atoms with Gasteiger partial charge in [0, 0.05) is 50.1 Å². The van der Waals surface area contributed by atoms with E-state index in [1.807, 2.05) is 6.07 Å². The molecule has 144 valence electrons. The molecule has 0 aliphatic carbocycles. The summed E-state index contributed by atoms with van der Waals surface area (Å²) >= 11 is 0. The number of amides is 3. The Hall–Kier alpha value is -2.83. The number of likely N-dealkylation sites (tertiary alicyclic amines) is 1. The second kappa shape index (κ2) is 7.42. The molecule has 7 heteroatoms. The van der Waals surface area contributed by atoms with Gasteiger partial charge >= 0.3 is 6.03 Å². The molecule has 1 aliphatic heterocycles. The number of rotatable bonds is 3. The van der Waals surface area contributed by atoms with E-state index in [1.54, 1.807) is 37.2 Å². The maximum Gasteiger partial charge on any atom is 0.317 e. The van der Waals surface area contributed by atoms with Crippen LogP contribution in [-0.4, -0.2) is 59.9 Å². The molecule has 1 fully saturated rings. The summed E-state index contributed by atoms with van der Waals surface area (Å²) in [6.45, 7) is 5.15. The Morgan fingerprint density at radius 3 is 2.59 bits per heavy atom. The summed E-state index contributed by atoms with van der Waals surface area (Å²) in [5.41, 5.74) is 0.746. The highest BCUT2D eigenvalue weighted by Crippen LogP contribution is 2.26. The minimum absolute atomic E-state index is 0.115. The van der Waals surface area contributed by atoms with Crippen LogP contribution < -0.4 is 10.7 Å². The molecular formula is C20H26N4O3. The molecule has 3 rings (SSSR count). The van der Waals surface area contributed by atoms with Crippen molar-refractivity contribution in [2.24, 2.45) is 11.8 Å². The summed E-state index contributed by atoms with van der Waals surface area (Å²) in [5, 5.41) is 3.57. The van der Waals surface area contributed by atoms with Crippen LogP contribution in [0.5, 0.6) is 0 Å². The Morgan fingerprint density at radius 1 is 1.22 bits per heavy atom. The average Bonchev–Trinajstić information content (AvgIpc) is 3.05. The Bertz CT molecular complexity index is 919. The number of hydrogen-bond acceptors (Lipinski definition) is 3. The molecule has 1 saturated heterocycles. The average molecular weight is 370 g/mol. The number of aromatic amines is 1. The fraction of sp³-hybridized carbons (Fsp3) is 0.450. The first-order valence-electron chi connectivity index (χ1n) is 9.17. The Kier molecular flexibility index (Phi) is 5.21. The van der Waals surface area contributed by atoms with E-state index < -0.39 is 0 Å². The molecule has 0 saturated carbocycles. The molecular weight excluding hydrogens is 344 g/mol. The lowest BCUT2D eigenvalue weighted by Gasteiger charge is -2.24. The van der Waals surface area contributed by atoms with Gasteiger partial charge in [0.05, 0.1) is 6.04 Å². The molecule has 2 N–H and O–H groups in total. The van der Waals surface area contributed by atoms with Crippen molar-refractivity contribution in [3.05, 3.63) is 46.2 Å². The summed E-state index contributed by atoms with van der Waals surface area (Å²) < 4.78 is 0. The molecule has 2 heterocycles. The molecule has 1 aromatic heterocycles. The number of aromatic nitrogens is 1. The number of benzene rings is 1. The van der Waals surface area contributed by atoms with Crippen LogP contribution in [0.2, 0.25) is 0 Å². The third-order valence-corrected chi connectivity index (χ3v) is 5.19. The Morgan fingerprint density at radius 2 is 1.93 bits per heavy atom. The summed E-state index contributed by atoms with van der Waals surface area (Å²) in [7, 11) is 3.38. The van der Waals surface area contributed by atoms with E-state index in [1.165, 1.54) is 11.0 Å². The predicted octanol–water partition coefficient (Wildman–Crippen LogP) is 1.90. The second-order valence-electron chi connectivity index (χ2n) is 7.66. The Labute approximate surface area is 158 Å². The van der Waals surface area contributed by atoms with Crippen LogP contribution in [0.3, 0.4) is 0 Å². The van der Waals surface area contributed by atoms with Gasteiger partial charge in [-0.15, -0.1) is 0 Å². The minimum Gasteiger partial charge on any atom is -0.350 e. The van der Waals surface area contributed by atoms with Gasteiger partial charge in [-0.25, -0.2) is 4.79 Å². The number of H-pyrrole nitrogens is 1. The van der Waals surface area contributed by atoms with E-state index in [4.69, 9.17) is 0 Å². The number of fused-ring (bicyclic) bond motifs is 1. The highest BCUT2D eigenvalue weighted by Gasteiger charge is 2.38. The standard InChI is InChI=1S/C20H26N4O3/c1-12(2)14-10-24(11-17(14)22-20(27)23(3)4)19(26)16-9-18(25)13-7-5-6-8-15(13)21-16/h5-9,12,14,17H,10-11H2,1-4H3,(H,21,25)(H,22,27). The first kappa shape index (κ1) is 18.9. The second-order valence-corrected chi connectivity index (χ2v) is 7.66. The van der Waals surface area contributed by atoms with Crippen LogP contribution in [-0.2, 0) is 0 Å². The van der Waals surface area contributed by atoms with Crippen LogP contribution in [0.15, 0.2) is 35.1 Å². The zero-order valence-corrected chi connectivity index (χ0v) is 16.2. The van der Waals surface area contributed by atoms with Crippen molar-refractivity contribution >= 4 is 22.8 Å². The highest BCUT2D eigenvalue weighted by molar-refractivity contribution is 5.95. The van der Waals surface area contributed by atoms with Gasteiger partial charge in [-0.05, 0) is 18.1 Å². The van der Waals surface area contributed by atoms with Crippen molar-refractivity contribution in [3.8, 4) is 0 Å². The summed E-state index contributed by atoms with van der Waals surface area (Å²) in [4.78, 5) is 43.7. The fourth-order valence-electron chi connectivity index (χ4n) is 3.59. The maximum atomic E-state index is 13.0. The number of pyridine rings is 1. The highest BCUT2D eigenvalue weighted by atomic mass is 16.2. The summed E-state index contributed by atoms with van der Waals surface area (Å²) in [6, 6.07) is 8.22. The van der Waals surface area contributed by atoms with Gasteiger partial charge in [0.2, 0.25) is 0 Å². The third-order valence-electron chi connectivity index (χ3n) is 5.19. The number of nitrogens with zero attached hydrogens (tertiary/aromatic N) is 2. The number of nitrogens with one attached hydrogen (secondary N) is 2. The van der Waals surface area contributed by atoms with Crippen LogP contribution in [0, 0.1) is 11.8 Å². The minimum atomic E-state index is -0.217. The normalized spacial score (nSPS) is 19.5. The van der Waals surface area contributed by atoms with E-state index in [-0.39, 0.29) is 35.0 Å².